The van der Waals surface area contributed by atoms with Crippen LogP contribution in [0.2, 0.25) is 0 Å². The summed E-state index contributed by atoms with van der Waals surface area (Å²) in [5, 5.41) is 13.3. The molecule has 1 saturated heterocycles. The Morgan fingerprint density at radius 1 is 1.11 bits per heavy atom. The van der Waals surface area contributed by atoms with Crippen LogP contribution in [0.1, 0.15) is 17.4 Å². The number of oxazole rings is 1. The fourth-order valence-corrected chi connectivity index (χ4v) is 7.12. The topological polar surface area (TPSA) is 112 Å². The number of fused-ring (bicyclic) bond motifs is 2. The third-order valence-corrected chi connectivity index (χ3v) is 9.10. The first-order valence-electron chi connectivity index (χ1n) is 11.4. The van der Waals surface area contributed by atoms with Gasteiger partial charge in [-0.25, -0.2) is 22.5 Å². The molecule has 7 rings (SSSR count). The highest BCUT2D eigenvalue weighted by molar-refractivity contribution is 7.89. The van der Waals surface area contributed by atoms with Crippen molar-refractivity contribution in [1.82, 2.24) is 34.1 Å². The average Bonchev–Trinajstić information content (AvgIpc) is 3.52. The minimum absolute atomic E-state index is 0.00666. The first-order chi connectivity index (χ1) is 17.4. The summed E-state index contributed by atoms with van der Waals surface area (Å²) in [7, 11) is -2.21. The summed E-state index contributed by atoms with van der Waals surface area (Å²) < 4.78 is 48.9. The van der Waals surface area contributed by atoms with Crippen molar-refractivity contribution in [2.24, 2.45) is 13.0 Å². The number of sulfonamides is 1. The molecule has 1 aliphatic heterocycles. The third-order valence-electron chi connectivity index (χ3n) is 7.43. The second-order valence-corrected chi connectivity index (χ2v) is 11.2. The van der Waals surface area contributed by atoms with Gasteiger partial charge in [0, 0.05) is 30.9 Å². The molecule has 3 atom stereocenters. The van der Waals surface area contributed by atoms with Crippen molar-refractivity contribution in [1.29, 1.82) is 0 Å². The van der Waals surface area contributed by atoms with Crippen LogP contribution in [0.15, 0.2) is 76.8 Å². The van der Waals surface area contributed by atoms with Gasteiger partial charge in [0.15, 0.2) is 5.89 Å². The molecule has 3 aromatic heterocycles. The van der Waals surface area contributed by atoms with E-state index >= 15 is 0 Å². The van der Waals surface area contributed by atoms with Crippen LogP contribution in [-0.4, -0.2) is 55.6 Å². The zero-order valence-electron chi connectivity index (χ0n) is 19.1. The van der Waals surface area contributed by atoms with Crippen molar-refractivity contribution in [3.63, 3.8) is 0 Å². The molecule has 0 bridgehead atoms. The lowest BCUT2D eigenvalue weighted by molar-refractivity contribution is 0.392. The summed E-state index contributed by atoms with van der Waals surface area (Å²) in [5.74, 6) is 0.271. The van der Waals surface area contributed by atoms with Crippen molar-refractivity contribution in [2.75, 3.05) is 13.1 Å². The number of benzene rings is 2. The molecule has 0 amide bonds. The highest BCUT2D eigenvalue weighted by atomic mass is 32.2. The molecule has 12 heteroatoms. The standard InChI is InChI=1S/C24H20FN7O3S/c1-30-27-12-21(29-30)36(33,34)31-13-19-22(23-26-8-9-35-23)24(19,14-31)16-2-7-20-15(10-16)11-28-32(20)18-5-3-17(25)4-6-18/h2-12,19,22H,13-14H2,1H3/t19-,22+,24+/m0/s1. The number of aryl methyl sites for hydroxylation is 1. The van der Waals surface area contributed by atoms with E-state index in [1.165, 1.54) is 27.4 Å². The first kappa shape index (κ1) is 21.4. The van der Waals surface area contributed by atoms with Gasteiger partial charge in [0.1, 0.15) is 12.1 Å². The molecule has 36 heavy (non-hydrogen) atoms. The number of halogens is 1. The van der Waals surface area contributed by atoms with Gasteiger partial charge in [-0.1, -0.05) is 6.07 Å². The third kappa shape index (κ3) is 2.94. The van der Waals surface area contributed by atoms with Crippen molar-refractivity contribution in [3.05, 3.63) is 84.6 Å². The minimum Gasteiger partial charge on any atom is -0.449 e. The Balaban J connectivity index is 1.29. The number of hydrogen-bond donors (Lipinski definition) is 0. The molecule has 0 unspecified atom stereocenters. The average molecular weight is 506 g/mol. The van der Waals surface area contributed by atoms with Gasteiger partial charge in [-0.05, 0) is 47.9 Å². The maximum atomic E-state index is 13.4. The maximum absolute atomic E-state index is 13.4. The van der Waals surface area contributed by atoms with Crippen molar-refractivity contribution >= 4 is 20.9 Å². The van der Waals surface area contributed by atoms with Crippen LogP contribution in [0, 0.1) is 11.7 Å². The quantitative estimate of drug-likeness (QED) is 0.361. The van der Waals surface area contributed by atoms with E-state index in [4.69, 9.17) is 4.42 Å². The zero-order chi connectivity index (χ0) is 24.7. The molecule has 0 radical (unpaired) electrons. The molecule has 182 valence electrons. The number of rotatable bonds is 5. The van der Waals surface area contributed by atoms with Crippen LogP contribution in [0.3, 0.4) is 0 Å². The van der Waals surface area contributed by atoms with Gasteiger partial charge in [0.2, 0.25) is 5.03 Å². The molecular weight excluding hydrogens is 485 g/mol. The lowest BCUT2D eigenvalue weighted by Gasteiger charge is -2.22. The summed E-state index contributed by atoms with van der Waals surface area (Å²) in [6.45, 7) is 0.611. The predicted molar refractivity (Wildman–Crippen MR) is 125 cm³/mol. The van der Waals surface area contributed by atoms with Gasteiger partial charge >= 0.3 is 0 Å². The van der Waals surface area contributed by atoms with E-state index in [1.807, 2.05) is 12.1 Å². The molecule has 1 aliphatic carbocycles. The Bertz CT molecular complexity index is 1710. The summed E-state index contributed by atoms with van der Waals surface area (Å²) in [6, 6.07) is 12.2. The van der Waals surface area contributed by atoms with Gasteiger partial charge in [-0.15, -0.1) is 5.10 Å². The van der Waals surface area contributed by atoms with E-state index in [2.05, 4.69) is 26.3 Å². The fraction of sp³-hybridized carbons (Fsp3) is 0.250. The Kier molecular flexibility index (Phi) is 4.34. The van der Waals surface area contributed by atoms with E-state index < -0.39 is 15.4 Å². The van der Waals surface area contributed by atoms with E-state index in [1.54, 1.807) is 42.5 Å². The Hall–Kier alpha value is -3.90. The van der Waals surface area contributed by atoms with Crippen LogP contribution in [0.25, 0.3) is 16.6 Å². The van der Waals surface area contributed by atoms with Crippen LogP contribution in [0.4, 0.5) is 4.39 Å². The van der Waals surface area contributed by atoms with Gasteiger partial charge in [-0.2, -0.15) is 19.3 Å². The van der Waals surface area contributed by atoms with E-state index in [0.29, 0.717) is 12.4 Å². The molecule has 5 aromatic rings. The number of nitrogens with zero attached hydrogens (tertiary/aromatic N) is 7. The predicted octanol–water partition coefficient (Wildman–Crippen LogP) is 2.64. The number of piperidine rings is 1. The molecule has 2 fully saturated rings. The molecule has 4 heterocycles. The fourth-order valence-electron chi connectivity index (χ4n) is 5.71. The summed E-state index contributed by atoms with van der Waals surface area (Å²) >= 11 is 0. The van der Waals surface area contributed by atoms with Gasteiger partial charge in [0.05, 0.1) is 35.7 Å². The SMILES string of the molecule is Cn1ncc(S(=O)(=O)N2C[C@H]3[C@H](c4ncco4)[C@@]3(c3ccc4c(cnn4-c4ccc(F)cc4)c3)C2)n1. The number of aromatic nitrogens is 6. The van der Waals surface area contributed by atoms with E-state index in [9.17, 15) is 12.8 Å². The molecule has 2 aliphatic rings. The second kappa shape index (κ2) is 7.31. The summed E-state index contributed by atoms with van der Waals surface area (Å²) in [6.07, 6.45) is 6.19. The van der Waals surface area contributed by atoms with Crippen molar-refractivity contribution < 1.29 is 17.2 Å². The molecule has 1 saturated carbocycles. The molecule has 0 N–H and O–H groups in total. The van der Waals surface area contributed by atoms with Gasteiger partial charge in [0.25, 0.3) is 10.0 Å². The summed E-state index contributed by atoms with van der Waals surface area (Å²) in [4.78, 5) is 5.62. The minimum atomic E-state index is -3.80. The monoisotopic (exact) mass is 505 g/mol. The second-order valence-electron chi connectivity index (χ2n) is 9.27. The molecule has 10 nitrogen and oxygen atoms in total. The highest BCUT2D eigenvalue weighted by Gasteiger charge is 2.73. The first-order valence-corrected chi connectivity index (χ1v) is 12.8. The normalized spacial score (nSPS) is 23.8. The smallest absolute Gasteiger partial charge is 0.264 e. The van der Waals surface area contributed by atoms with Gasteiger partial charge < -0.3 is 4.42 Å². The van der Waals surface area contributed by atoms with Crippen LogP contribution in [0.5, 0.6) is 0 Å². The van der Waals surface area contributed by atoms with Crippen molar-refractivity contribution in [2.45, 2.75) is 16.4 Å². The molecular formula is C24H20FN7O3S. The maximum Gasteiger partial charge on any atom is 0.264 e. The van der Waals surface area contributed by atoms with Gasteiger partial charge in [-0.3, -0.25) is 0 Å². The Morgan fingerprint density at radius 3 is 2.67 bits per heavy atom. The van der Waals surface area contributed by atoms with Crippen LogP contribution < -0.4 is 0 Å². The Morgan fingerprint density at radius 2 is 1.94 bits per heavy atom. The Labute approximate surface area is 205 Å². The van der Waals surface area contributed by atoms with Crippen molar-refractivity contribution in [3.8, 4) is 5.69 Å². The van der Waals surface area contributed by atoms with Crippen LogP contribution >= 0.6 is 0 Å². The molecule has 0 spiro atoms. The summed E-state index contributed by atoms with van der Waals surface area (Å²) in [5.41, 5.74) is 2.14. The molecule has 2 aromatic carbocycles. The van der Waals surface area contributed by atoms with E-state index in [-0.39, 0.29) is 29.2 Å². The lowest BCUT2D eigenvalue weighted by Crippen LogP contribution is -2.34. The zero-order valence-corrected chi connectivity index (χ0v) is 19.9. The van der Waals surface area contributed by atoms with E-state index in [0.717, 1.165) is 22.2 Å². The largest absolute Gasteiger partial charge is 0.449 e. The lowest BCUT2D eigenvalue weighted by atomic mass is 9.92. The van der Waals surface area contributed by atoms with Crippen LogP contribution in [-0.2, 0) is 22.5 Å². The number of hydrogen-bond acceptors (Lipinski definition) is 7. The highest BCUT2D eigenvalue weighted by Crippen LogP contribution is 2.69.